The average molecular weight is 592 g/mol. The summed E-state index contributed by atoms with van der Waals surface area (Å²) in [5.41, 5.74) is -1.92. The number of aromatic nitrogens is 3. The Morgan fingerprint density at radius 3 is 2.20 bits per heavy atom. The number of benzene rings is 1. The molecule has 1 saturated carbocycles. The number of hydrogen-bond donors (Lipinski definition) is 4. The third-order valence-corrected chi connectivity index (χ3v) is 6.24. The van der Waals surface area contributed by atoms with Gasteiger partial charge in [0, 0.05) is 18.2 Å². The van der Waals surface area contributed by atoms with Gasteiger partial charge in [-0.05, 0) is 49.9 Å². The van der Waals surface area contributed by atoms with Gasteiger partial charge in [0.1, 0.15) is 11.6 Å². The van der Waals surface area contributed by atoms with E-state index in [0.29, 0.717) is 23.4 Å². The smallest absolute Gasteiger partial charge is 0.487 e. The lowest BCUT2D eigenvalue weighted by Crippen LogP contribution is -2.40. The minimum absolute atomic E-state index is 0.172. The van der Waals surface area contributed by atoms with Crippen LogP contribution in [0.3, 0.4) is 0 Å². The van der Waals surface area contributed by atoms with Gasteiger partial charge in [-0.1, -0.05) is 12.1 Å². The number of aliphatic carboxylic acids is 2. The molecule has 2 aromatic heterocycles. The molecular formula is C25H23F7N4O5. The van der Waals surface area contributed by atoms with E-state index in [1.165, 1.54) is 0 Å². The van der Waals surface area contributed by atoms with Crippen LogP contribution in [0.1, 0.15) is 36.9 Å². The minimum atomic E-state index is -5.08. The minimum Gasteiger partial charge on any atom is -0.487 e. The van der Waals surface area contributed by atoms with Crippen molar-refractivity contribution >= 4 is 23.6 Å². The molecular weight excluding hydrogens is 569 g/mol. The van der Waals surface area contributed by atoms with Crippen LogP contribution < -0.4 is 10.1 Å². The number of carboxylic acid groups (broad SMARTS) is 2. The van der Waals surface area contributed by atoms with E-state index in [1.54, 1.807) is 30.5 Å². The van der Waals surface area contributed by atoms with E-state index in [2.05, 4.69) is 20.5 Å². The lowest BCUT2D eigenvalue weighted by Gasteiger charge is -2.36. The molecule has 41 heavy (non-hydrogen) atoms. The molecule has 4 rings (SSSR count). The maximum absolute atomic E-state index is 14.3. The fourth-order valence-corrected chi connectivity index (χ4v) is 4.19. The molecule has 2 heterocycles. The second-order valence-electron chi connectivity index (χ2n) is 9.11. The second kappa shape index (κ2) is 12.4. The Morgan fingerprint density at radius 2 is 1.66 bits per heavy atom. The van der Waals surface area contributed by atoms with Crippen LogP contribution in [0, 0.1) is 11.2 Å². The molecule has 0 amide bonds. The Kier molecular flexibility index (Phi) is 9.45. The Morgan fingerprint density at radius 1 is 1.02 bits per heavy atom. The van der Waals surface area contributed by atoms with Crippen LogP contribution in [0.4, 0.5) is 42.4 Å². The van der Waals surface area contributed by atoms with Crippen LogP contribution in [0.25, 0.3) is 0 Å². The molecule has 0 atom stereocenters. The van der Waals surface area contributed by atoms with Crippen molar-refractivity contribution in [2.45, 2.75) is 50.6 Å². The van der Waals surface area contributed by atoms with Crippen LogP contribution in [0.5, 0.6) is 5.75 Å². The van der Waals surface area contributed by atoms with Crippen molar-refractivity contribution in [3.05, 3.63) is 65.7 Å². The highest BCUT2D eigenvalue weighted by molar-refractivity contribution is 5.75. The molecule has 0 radical (unpaired) electrons. The number of nitrogens with one attached hydrogen (secondary N) is 2. The Bertz CT molecular complexity index is 1340. The molecule has 0 unspecified atom stereocenters. The first-order chi connectivity index (χ1) is 19.1. The highest BCUT2D eigenvalue weighted by Gasteiger charge is 2.43. The van der Waals surface area contributed by atoms with Gasteiger partial charge in [0.15, 0.2) is 11.6 Å². The predicted molar refractivity (Wildman–Crippen MR) is 128 cm³/mol. The third-order valence-electron chi connectivity index (χ3n) is 6.24. The SMILES string of the molecule is O=C(O)C(F)(F)F.O=C(O)C1(Cc2cccc(Nc3ccn[nH]3)n2)CCC(Oc2cccc(C(F)(F)F)c2F)CC1. The molecule has 0 saturated heterocycles. The van der Waals surface area contributed by atoms with Crippen LogP contribution >= 0.6 is 0 Å². The lowest BCUT2D eigenvalue weighted by molar-refractivity contribution is -0.192. The number of rotatable bonds is 7. The fourth-order valence-electron chi connectivity index (χ4n) is 4.19. The van der Waals surface area contributed by atoms with Crippen molar-refractivity contribution < 1.29 is 55.3 Å². The summed E-state index contributed by atoms with van der Waals surface area (Å²) in [6.45, 7) is 0. The number of halogens is 7. The van der Waals surface area contributed by atoms with Crippen LogP contribution in [0.15, 0.2) is 48.7 Å². The first kappa shape index (κ1) is 31.2. The quantitative estimate of drug-likeness (QED) is 0.246. The molecule has 3 aromatic rings. The molecule has 9 nitrogen and oxygen atoms in total. The normalized spacial score (nSPS) is 19.0. The lowest BCUT2D eigenvalue weighted by atomic mass is 9.70. The maximum Gasteiger partial charge on any atom is 0.490 e. The average Bonchev–Trinajstić information content (AvgIpc) is 3.39. The number of pyridine rings is 1. The summed E-state index contributed by atoms with van der Waals surface area (Å²) >= 11 is 0. The summed E-state index contributed by atoms with van der Waals surface area (Å²) in [5, 5.41) is 26.8. The molecule has 1 aliphatic carbocycles. The van der Waals surface area contributed by atoms with Crippen molar-refractivity contribution in [3.8, 4) is 5.75 Å². The predicted octanol–water partition coefficient (Wildman–Crippen LogP) is 5.97. The second-order valence-corrected chi connectivity index (χ2v) is 9.11. The number of carboxylic acids is 2. The molecule has 4 N–H and O–H groups in total. The number of aromatic amines is 1. The fraction of sp³-hybridized carbons (Fsp3) is 0.360. The number of hydrogen-bond acceptors (Lipinski definition) is 6. The van der Waals surface area contributed by atoms with Gasteiger partial charge in [0.2, 0.25) is 0 Å². The summed E-state index contributed by atoms with van der Waals surface area (Å²) in [5.74, 6) is -4.52. The van der Waals surface area contributed by atoms with Gasteiger partial charge < -0.3 is 20.3 Å². The summed E-state index contributed by atoms with van der Waals surface area (Å²) in [4.78, 5) is 25.6. The molecule has 1 fully saturated rings. The standard InChI is InChI=1S/C23H22F4N4O3.C2HF3O2/c24-20-16(23(25,26)27)4-2-5-17(20)34-15-7-10-22(11-8-15,21(32)33)13-14-3-1-6-18(29-14)30-19-9-12-28-31-19;3-2(4,5)1(6)7/h1-6,9,12,15H,7-8,10-11,13H2,(H,32,33)(H2,28,29,30,31);(H,6,7). The number of ether oxygens (including phenoxy) is 1. The molecule has 1 aromatic carbocycles. The third kappa shape index (κ3) is 8.31. The van der Waals surface area contributed by atoms with Crippen molar-refractivity contribution in [1.29, 1.82) is 0 Å². The highest BCUT2D eigenvalue weighted by atomic mass is 19.4. The van der Waals surface area contributed by atoms with E-state index in [1.807, 2.05) is 0 Å². The molecule has 222 valence electrons. The van der Waals surface area contributed by atoms with Gasteiger partial charge in [-0.25, -0.2) is 14.2 Å². The van der Waals surface area contributed by atoms with Gasteiger partial charge >= 0.3 is 24.3 Å². The largest absolute Gasteiger partial charge is 0.490 e. The van der Waals surface area contributed by atoms with Gasteiger partial charge in [-0.3, -0.25) is 9.89 Å². The molecule has 0 bridgehead atoms. The van der Waals surface area contributed by atoms with Crippen molar-refractivity contribution in [2.75, 3.05) is 5.32 Å². The van der Waals surface area contributed by atoms with Gasteiger partial charge in [-0.15, -0.1) is 0 Å². The molecule has 16 heteroatoms. The van der Waals surface area contributed by atoms with Gasteiger partial charge in [-0.2, -0.15) is 31.4 Å². The van der Waals surface area contributed by atoms with E-state index < -0.39 is 52.9 Å². The topological polar surface area (TPSA) is 137 Å². The Labute approximate surface area is 227 Å². The van der Waals surface area contributed by atoms with E-state index in [9.17, 15) is 40.6 Å². The van der Waals surface area contributed by atoms with E-state index >= 15 is 0 Å². The van der Waals surface area contributed by atoms with Crippen molar-refractivity contribution in [2.24, 2.45) is 5.41 Å². The van der Waals surface area contributed by atoms with Crippen LogP contribution in [0.2, 0.25) is 0 Å². The summed E-state index contributed by atoms with van der Waals surface area (Å²) in [6, 6.07) is 9.85. The number of carbonyl (C=O) groups is 2. The summed E-state index contributed by atoms with van der Waals surface area (Å²) in [6.07, 6.45) is -7.81. The van der Waals surface area contributed by atoms with E-state index in [-0.39, 0.29) is 32.1 Å². The Hall–Kier alpha value is -4.37. The first-order valence-electron chi connectivity index (χ1n) is 11.9. The number of anilines is 2. The van der Waals surface area contributed by atoms with E-state index in [4.69, 9.17) is 14.6 Å². The Balaban J connectivity index is 0.000000587. The zero-order valence-corrected chi connectivity index (χ0v) is 20.9. The zero-order valence-electron chi connectivity index (χ0n) is 20.9. The summed E-state index contributed by atoms with van der Waals surface area (Å²) in [7, 11) is 0. The summed E-state index contributed by atoms with van der Waals surface area (Å²) < 4.78 is 90.4. The first-order valence-corrected chi connectivity index (χ1v) is 11.9. The van der Waals surface area contributed by atoms with Crippen LogP contribution in [-0.4, -0.2) is 49.6 Å². The number of H-pyrrole nitrogens is 1. The maximum atomic E-state index is 14.3. The zero-order chi connectivity index (χ0) is 30.4. The van der Waals surface area contributed by atoms with Gasteiger partial charge in [0.25, 0.3) is 0 Å². The number of nitrogens with zero attached hydrogens (tertiary/aromatic N) is 2. The molecule has 0 spiro atoms. The van der Waals surface area contributed by atoms with E-state index in [0.717, 1.165) is 12.1 Å². The number of alkyl halides is 6. The monoisotopic (exact) mass is 592 g/mol. The molecule has 1 aliphatic rings. The van der Waals surface area contributed by atoms with Crippen LogP contribution in [-0.2, 0) is 22.2 Å². The highest BCUT2D eigenvalue weighted by Crippen LogP contribution is 2.42. The van der Waals surface area contributed by atoms with Gasteiger partial charge in [0.05, 0.1) is 23.3 Å². The van der Waals surface area contributed by atoms with Crippen molar-refractivity contribution in [1.82, 2.24) is 15.2 Å². The van der Waals surface area contributed by atoms with Crippen molar-refractivity contribution in [3.63, 3.8) is 0 Å². The molecule has 0 aliphatic heterocycles.